The highest BCUT2D eigenvalue weighted by Crippen LogP contribution is 2.30. The van der Waals surface area contributed by atoms with E-state index in [9.17, 15) is 4.79 Å². The van der Waals surface area contributed by atoms with Gasteiger partial charge < -0.3 is 9.80 Å². The monoisotopic (exact) mass is 359 g/mol. The van der Waals surface area contributed by atoms with Gasteiger partial charge in [0.15, 0.2) is 0 Å². The van der Waals surface area contributed by atoms with Crippen LogP contribution in [0.2, 0.25) is 0 Å². The third-order valence-corrected chi connectivity index (χ3v) is 6.13. The van der Waals surface area contributed by atoms with Crippen molar-refractivity contribution >= 4 is 33.3 Å². The molecule has 7 heteroatoms. The first-order valence-electron chi connectivity index (χ1n) is 9.17. The molecular weight excluding hydrogens is 334 g/mol. The zero-order valence-corrected chi connectivity index (χ0v) is 15.6. The van der Waals surface area contributed by atoms with Crippen LogP contribution in [-0.4, -0.2) is 71.5 Å². The lowest BCUT2D eigenvalue weighted by atomic mass is 10.1. The van der Waals surface area contributed by atoms with Gasteiger partial charge in [0.1, 0.15) is 17.0 Å². The van der Waals surface area contributed by atoms with E-state index in [0.29, 0.717) is 12.5 Å². The Kier molecular flexibility index (Phi) is 4.85. The Morgan fingerprint density at radius 3 is 2.60 bits per heavy atom. The molecule has 2 aromatic rings. The molecule has 0 aliphatic carbocycles. The van der Waals surface area contributed by atoms with Crippen molar-refractivity contribution in [2.45, 2.75) is 26.2 Å². The molecule has 2 aliphatic heterocycles. The Morgan fingerprint density at radius 2 is 1.84 bits per heavy atom. The van der Waals surface area contributed by atoms with Crippen LogP contribution in [0, 0.1) is 6.92 Å². The number of anilines is 1. The van der Waals surface area contributed by atoms with Crippen LogP contribution in [0.4, 0.5) is 5.82 Å². The fourth-order valence-corrected chi connectivity index (χ4v) is 4.61. The Hall–Kier alpha value is -1.73. The quantitative estimate of drug-likeness (QED) is 0.840. The molecule has 0 saturated carbocycles. The molecule has 0 spiro atoms. The van der Waals surface area contributed by atoms with Crippen molar-refractivity contribution in [1.29, 1.82) is 0 Å². The summed E-state index contributed by atoms with van der Waals surface area (Å²) >= 11 is 1.72. The second-order valence-electron chi connectivity index (χ2n) is 6.98. The average Bonchev–Trinajstić information content (AvgIpc) is 3.03. The molecule has 134 valence electrons. The average molecular weight is 359 g/mol. The summed E-state index contributed by atoms with van der Waals surface area (Å²) in [5.74, 6) is 1.34. The SMILES string of the molecule is Cc1cc2c(N3CCN(CC(=O)N4CCCCC4)CC3)ncnc2s1. The molecule has 25 heavy (non-hydrogen) atoms. The lowest BCUT2D eigenvalue weighted by molar-refractivity contribution is -0.133. The number of thiophene rings is 1. The van der Waals surface area contributed by atoms with E-state index in [1.807, 2.05) is 4.90 Å². The first-order chi connectivity index (χ1) is 12.2. The van der Waals surface area contributed by atoms with Crippen molar-refractivity contribution in [3.63, 3.8) is 0 Å². The molecule has 0 radical (unpaired) electrons. The van der Waals surface area contributed by atoms with Gasteiger partial charge in [0.2, 0.25) is 5.91 Å². The maximum Gasteiger partial charge on any atom is 0.236 e. The summed E-state index contributed by atoms with van der Waals surface area (Å²) in [7, 11) is 0. The molecule has 2 aromatic heterocycles. The van der Waals surface area contributed by atoms with Gasteiger partial charge in [-0.2, -0.15) is 0 Å². The molecular formula is C18H25N5OS. The summed E-state index contributed by atoms with van der Waals surface area (Å²) in [5, 5.41) is 1.16. The number of hydrogen-bond acceptors (Lipinski definition) is 6. The highest BCUT2D eigenvalue weighted by atomic mass is 32.1. The molecule has 4 heterocycles. The molecule has 0 N–H and O–H groups in total. The number of aromatic nitrogens is 2. The first kappa shape index (κ1) is 16.7. The minimum absolute atomic E-state index is 0.297. The van der Waals surface area contributed by atoms with E-state index in [4.69, 9.17) is 0 Å². The molecule has 2 saturated heterocycles. The van der Waals surface area contributed by atoms with Crippen LogP contribution in [0.1, 0.15) is 24.1 Å². The van der Waals surface area contributed by atoms with Gasteiger partial charge in [-0.05, 0) is 32.3 Å². The number of likely N-dealkylation sites (tertiary alicyclic amines) is 1. The Balaban J connectivity index is 1.37. The van der Waals surface area contributed by atoms with E-state index in [-0.39, 0.29) is 0 Å². The predicted octanol–water partition coefficient (Wildman–Crippen LogP) is 2.13. The number of aryl methyl sites for hydroxylation is 1. The number of rotatable bonds is 3. The molecule has 0 unspecified atom stereocenters. The van der Waals surface area contributed by atoms with Crippen LogP contribution in [-0.2, 0) is 4.79 Å². The van der Waals surface area contributed by atoms with Gasteiger partial charge in [0.05, 0.1) is 11.9 Å². The highest BCUT2D eigenvalue weighted by molar-refractivity contribution is 7.18. The van der Waals surface area contributed by atoms with Crippen LogP contribution >= 0.6 is 11.3 Å². The Morgan fingerprint density at radius 1 is 1.08 bits per heavy atom. The number of fused-ring (bicyclic) bond motifs is 1. The number of piperidine rings is 1. The lowest BCUT2D eigenvalue weighted by Crippen LogP contribution is -2.51. The normalized spacial score (nSPS) is 19.6. The lowest BCUT2D eigenvalue weighted by Gasteiger charge is -2.36. The topological polar surface area (TPSA) is 52.6 Å². The third kappa shape index (κ3) is 3.62. The molecule has 2 aliphatic rings. The zero-order chi connectivity index (χ0) is 17.2. The van der Waals surface area contributed by atoms with Crippen LogP contribution in [0.5, 0.6) is 0 Å². The largest absolute Gasteiger partial charge is 0.353 e. The molecule has 2 fully saturated rings. The predicted molar refractivity (Wildman–Crippen MR) is 101 cm³/mol. The molecule has 4 rings (SSSR count). The molecule has 6 nitrogen and oxygen atoms in total. The van der Waals surface area contributed by atoms with Gasteiger partial charge in [-0.15, -0.1) is 11.3 Å². The summed E-state index contributed by atoms with van der Waals surface area (Å²) in [6.07, 6.45) is 5.24. The molecule has 0 atom stereocenters. The second kappa shape index (κ2) is 7.25. The van der Waals surface area contributed by atoms with E-state index in [1.54, 1.807) is 17.7 Å². The minimum Gasteiger partial charge on any atom is -0.353 e. The van der Waals surface area contributed by atoms with Gasteiger partial charge in [0.25, 0.3) is 0 Å². The minimum atomic E-state index is 0.297. The number of carbonyl (C=O) groups is 1. The molecule has 0 aromatic carbocycles. The van der Waals surface area contributed by atoms with E-state index >= 15 is 0 Å². The van der Waals surface area contributed by atoms with Gasteiger partial charge >= 0.3 is 0 Å². The van der Waals surface area contributed by atoms with E-state index in [0.717, 1.165) is 68.1 Å². The smallest absolute Gasteiger partial charge is 0.236 e. The van der Waals surface area contributed by atoms with Crippen molar-refractivity contribution in [1.82, 2.24) is 19.8 Å². The number of amides is 1. The number of nitrogens with zero attached hydrogens (tertiary/aromatic N) is 5. The zero-order valence-electron chi connectivity index (χ0n) is 14.8. The highest BCUT2D eigenvalue weighted by Gasteiger charge is 2.24. The maximum atomic E-state index is 12.4. The van der Waals surface area contributed by atoms with Gasteiger partial charge in [-0.25, -0.2) is 9.97 Å². The fraction of sp³-hybridized carbons (Fsp3) is 0.611. The summed E-state index contributed by atoms with van der Waals surface area (Å²) in [4.78, 5) is 30.3. The number of piperazine rings is 1. The van der Waals surface area contributed by atoms with Crippen LogP contribution in [0.3, 0.4) is 0 Å². The fourth-order valence-electron chi connectivity index (χ4n) is 3.77. The van der Waals surface area contributed by atoms with Gasteiger partial charge in [0, 0.05) is 44.1 Å². The maximum absolute atomic E-state index is 12.4. The van der Waals surface area contributed by atoms with E-state index in [1.165, 1.54) is 11.3 Å². The molecule has 1 amide bonds. The Bertz CT molecular complexity index is 747. The Labute approximate surface area is 152 Å². The standard InChI is InChI=1S/C18H25N5OS/c1-14-11-15-17(19-13-20-18(15)25-14)23-9-7-21(8-10-23)12-16(24)22-5-3-2-4-6-22/h11,13H,2-10,12H2,1H3. The van der Waals surface area contributed by atoms with Crippen molar-refractivity contribution < 1.29 is 4.79 Å². The molecule has 0 bridgehead atoms. The van der Waals surface area contributed by atoms with Crippen LogP contribution in [0.25, 0.3) is 10.2 Å². The van der Waals surface area contributed by atoms with Crippen LogP contribution < -0.4 is 4.90 Å². The third-order valence-electron chi connectivity index (χ3n) is 5.17. The second-order valence-corrected chi connectivity index (χ2v) is 8.21. The van der Waals surface area contributed by atoms with Crippen molar-refractivity contribution in [3.05, 3.63) is 17.3 Å². The summed E-state index contributed by atoms with van der Waals surface area (Å²) in [6, 6.07) is 2.18. The summed E-state index contributed by atoms with van der Waals surface area (Å²) in [5.41, 5.74) is 0. The van der Waals surface area contributed by atoms with Crippen molar-refractivity contribution in [2.24, 2.45) is 0 Å². The number of hydrogen-bond donors (Lipinski definition) is 0. The van der Waals surface area contributed by atoms with Crippen LogP contribution in [0.15, 0.2) is 12.4 Å². The van der Waals surface area contributed by atoms with Gasteiger partial charge in [-0.1, -0.05) is 0 Å². The van der Waals surface area contributed by atoms with E-state index in [2.05, 4.69) is 32.8 Å². The summed E-state index contributed by atoms with van der Waals surface area (Å²) < 4.78 is 0. The van der Waals surface area contributed by atoms with E-state index < -0.39 is 0 Å². The van der Waals surface area contributed by atoms with Gasteiger partial charge in [-0.3, -0.25) is 9.69 Å². The van der Waals surface area contributed by atoms with Crippen molar-refractivity contribution in [3.8, 4) is 0 Å². The van der Waals surface area contributed by atoms with Crippen molar-refractivity contribution in [2.75, 3.05) is 50.7 Å². The first-order valence-corrected chi connectivity index (χ1v) is 9.98. The number of carbonyl (C=O) groups excluding carboxylic acids is 1. The summed E-state index contributed by atoms with van der Waals surface area (Å²) in [6.45, 7) is 8.19.